The average Bonchev–Trinajstić information content (AvgIpc) is 2.61. The molecule has 1 heterocycles. The summed E-state index contributed by atoms with van der Waals surface area (Å²) in [7, 11) is 0. The van der Waals surface area contributed by atoms with Crippen LogP contribution in [-0.4, -0.2) is 23.7 Å². The van der Waals surface area contributed by atoms with E-state index in [1.54, 1.807) is 24.3 Å². The van der Waals surface area contributed by atoms with Gasteiger partial charge >= 0.3 is 0 Å². The monoisotopic (exact) mass is 289 g/mol. The van der Waals surface area contributed by atoms with Crippen LogP contribution in [0, 0.1) is 0 Å². The van der Waals surface area contributed by atoms with Crippen molar-refractivity contribution >= 4 is 39.2 Å². The molecule has 2 N–H and O–H groups in total. The Bertz CT molecular complexity index is 362. The second-order valence-corrected chi connectivity index (χ2v) is 4.95. The molecular weight excluding hydrogens is 278 g/mol. The van der Waals surface area contributed by atoms with Gasteiger partial charge in [-0.3, -0.25) is 4.79 Å². The molecule has 1 amide bonds. The molecule has 1 rings (SSSR count). The number of amides is 1. The Kier molecular flexibility index (Phi) is 5.01. The Hall–Kier alpha value is -0.650. The molecule has 0 aliphatic carbocycles. The average molecular weight is 290 g/mol. The molecule has 1 aromatic rings. The summed E-state index contributed by atoms with van der Waals surface area (Å²) in [5.41, 5.74) is 0. The summed E-state index contributed by atoms with van der Waals surface area (Å²) >= 11 is 4.89. The fourth-order valence-electron chi connectivity index (χ4n) is 0.910. The third-order valence-corrected chi connectivity index (χ3v) is 3.31. The second-order valence-electron chi connectivity index (χ2n) is 3.09. The van der Waals surface area contributed by atoms with Gasteiger partial charge in [-0.1, -0.05) is 0 Å². The number of carbonyl (C=O) groups excluding carboxylic acids is 1. The summed E-state index contributed by atoms with van der Waals surface area (Å²) in [6, 6.07) is 1.72. The first-order valence-electron chi connectivity index (χ1n) is 4.45. The minimum atomic E-state index is -0.211. The zero-order valence-electron chi connectivity index (χ0n) is 8.24. The van der Waals surface area contributed by atoms with E-state index in [9.17, 15) is 4.79 Å². The van der Waals surface area contributed by atoms with E-state index >= 15 is 0 Å². The molecule has 3 nitrogen and oxygen atoms in total. The molecule has 0 aliphatic heterocycles. The van der Waals surface area contributed by atoms with Gasteiger partial charge in [0.25, 0.3) is 0 Å². The van der Waals surface area contributed by atoms with Gasteiger partial charge in [0, 0.05) is 26.8 Å². The van der Waals surface area contributed by atoms with Crippen molar-refractivity contribution in [3.63, 3.8) is 0 Å². The van der Waals surface area contributed by atoms with Crippen LogP contribution in [0.3, 0.4) is 0 Å². The number of aliphatic hydroxyl groups excluding tert-OH is 1. The highest BCUT2D eigenvalue weighted by Crippen LogP contribution is 2.20. The number of thiophene rings is 1. The predicted octanol–water partition coefficient (Wildman–Crippen LogP) is 2.02. The lowest BCUT2D eigenvalue weighted by atomic mass is 10.3. The van der Waals surface area contributed by atoms with Gasteiger partial charge in [0.1, 0.15) is 0 Å². The van der Waals surface area contributed by atoms with Crippen molar-refractivity contribution in [1.82, 2.24) is 5.32 Å². The molecule has 1 unspecified atom stereocenters. The number of aliphatic hydroxyl groups is 1. The molecule has 5 heteroatoms. The maximum Gasteiger partial charge on any atom is 0.244 e. The predicted molar refractivity (Wildman–Crippen MR) is 65.7 cm³/mol. The first kappa shape index (κ1) is 12.4. The Morgan fingerprint density at radius 1 is 1.80 bits per heavy atom. The number of rotatable bonds is 4. The molecule has 15 heavy (non-hydrogen) atoms. The highest BCUT2D eigenvalue weighted by atomic mass is 79.9. The fourth-order valence-corrected chi connectivity index (χ4v) is 2.25. The maximum absolute atomic E-state index is 11.3. The molecule has 82 valence electrons. The molecular formula is C10H12BrNO2S. The topological polar surface area (TPSA) is 49.3 Å². The van der Waals surface area contributed by atoms with Crippen molar-refractivity contribution in [1.29, 1.82) is 0 Å². The lowest BCUT2D eigenvalue weighted by Gasteiger charge is -2.07. The molecule has 0 spiro atoms. The number of halogens is 1. The van der Waals surface area contributed by atoms with Crippen LogP contribution in [0.2, 0.25) is 0 Å². The normalized spacial score (nSPS) is 13.0. The quantitative estimate of drug-likeness (QED) is 0.834. The molecule has 0 saturated heterocycles. The van der Waals surface area contributed by atoms with Gasteiger partial charge in [0.2, 0.25) is 5.91 Å². The van der Waals surface area contributed by atoms with E-state index in [2.05, 4.69) is 21.2 Å². The third kappa shape index (κ3) is 4.59. The van der Waals surface area contributed by atoms with Crippen LogP contribution in [0.15, 0.2) is 22.0 Å². The van der Waals surface area contributed by atoms with Gasteiger partial charge in [0.15, 0.2) is 0 Å². The SMILES string of the molecule is CC(CO)NC(=O)/C=C/c1cc(Br)cs1. The van der Waals surface area contributed by atoms with Crippen molar-refractivity contribution in [3.05, 3.63) is 26.9 Å². The van der Waals surface area contributed by atoms with Gasteiger partial charge in [-0.15, -0.1) is 11.3 Å². The standard InChI is InChI=1S/C10H12BrNO2S/c1-7(5-13)12-10(14)3-2-9-4-8(11)6-15-9/h2-4,6-7,13H,5H2,1H3,(H,12,14)/b3-2+. The zero-order valence-corrected chi connectivity index (χ0v) is 10.6. The summed E-state index contributed by atoms with van der Waals surface area (Å²) in [5, 5.41) is 13.3. The molecule has 0 aliphatic rings. The Morgan fingerprint density at radius 2 is 2.53 bits per heavy atom. The molecule has 1 aromatic heterocycles. The summed E-state index contributed by atoms with van der Waals surface area (Å²) in [5.74, 6) is -0.193. The van der Waals surface area contributed by atoms with Crippen molar-refractivity contribution in [2.75, 3.05) is 6.61 Å². The number of hydrogen-bond donors (Lipinski definition) is 2. The van der Waals surface area contributed by atoms with Gasteiger partial charge < -0.3 is 10.4 Å². The van der Waals surface area contributed by atoms with E-state index in [0.29, 0.717) is 0 Å². The highest BCUT2D eigenvalue weighted by molar-refractivity contribution is 9.10. The van der Waals surface area contributed by atoms with Crippen LogP contribution in [-0.2, 0) is 4.79 Å². The first-order chi connectivity index (χ1) is 7.11. The van der Waals surface area contributed by atoms with E-state index in [-0.39, 0.29) is 18.6 Å². The lowest BCUT2D eigenvalue weighted by molar-refractivity contribution is -0.117. The Labute approximate surface area is 101 Å². The molecule has 0 fully saturated rings. The van der Waals surface area contributed by atoms with E-state index in [1.807, 2.05) is 11.4 Å². The fraction of sp³-hybridized carbons (Fsp3) is 0.300. The minimum Gasteiger partial charge on any atom is -0.394 e. The smallest absolute Gasteiger partial charge is 0.244 e. The van der Waals surface area contributed by atoms with Crippen LogP contribution in [0.25, 0.3) is 6.08 Å². The molecule has 0 aromatic carbocycles. The van der Waals surface area contributed by atoms with E-state index in [4.69, 9.17) is 5.11 Å². The lowest BCUT2D eigenvalue weighted by Crippen LogP contribution is -2.33. The summed E-state index contributed by atoms with van der Waals surface area (Å²) < 4.78 is 1.01. The largest absolute Gasteiger partial charge is 0.394 e. The van der Waals surface area contributed by atoms with Crippen LogP contribution in [0.1, 0.15) is 11.8 Å². The number of carbonyl (C=O) groups is 1. The minimum absolute atomic E-state index is 0.0515. The molecule has 1 atom stereocenters. The first-order valence-corrected chi connectivity index (χ1v) is 6.12. The molecule has 0 saturated carbocycles. The summed E-state index contributed by atoms with van der Waals surface area (Å²) in [4.78, 5) is 12.3. The number of nitrogens with one attached hydrogen (secondary N) is 1. The summed E-state index contributed by atoms with van der Waals surface area (Å²) in [6.45, 7) is 1.69. The van der Waals surface area contributed by atoms with E-state index in [0.717, 1.165) is 9.35 Å². The van der Waals surface area contributed by atoms with Crippen molar-refractivity contribution in [2.45, 2.75) is 13.0 Å². The zero-order chi connectivity index (χ0) is 11.3. The Morgan fingerprint density at radius 3 is 3.07 bits per heavy atom. The third-order valence-electron chi connectivity index (χ3n) is 1.65. The maximum atomic E-state index is 11.3. The van der Waals surface area contributed by atoms with Gasteiger partial charge in [-0.05, 0) is 35.0 Å². The Balaban J connectivity index is 2.47. The van der Waals surface area contributed by atoms with Crippen molar-refractivity contribution < 1.29 is 9.90 Å². The van der Waals surface area contributed by atoms with Gasteiger partial charge in [0.05, 0.1) is 6.61 Å². The van der Waals surface area contributed by atoms with E-state index in [1.165, 1.54) is 6.08 Å². The van der Waals surface area contributed by atoms with Crippen LogP contribution < -0.4 is 5.32 Å². The summed E-state index contributed by atoms with van der Waals surface area (Å²) in [6.07, 6.45) is 3.21. The number of hydrogen-bond acceptors (Lipinski definition) is 3. The molecule has 0 bridgehead atoms. The van der Waals surface area contributed by atoms with Crippen LogP contribution in [0.4, 0.5) is 0 Å². The van der Waals surface area contributed by atoms with Gasteiger partial charge in [-0.25, -0.2) is 0 Å². The van der Waals surface area contributed by atoms with Crippen LogP contribution >= 0.6 is 27.3 Å². The van der Waals surface area contributed by atoms with Crippen molar-refractivity contribution in [2.24, 2.45) is 0 Å². The van der Waals surface area contributed by atoms with E-state index < -0.39 is 0 Å². The highest BCUT2D eigenvalue weighted by Gasteiger charge is 2.02. The molecule has 0 radical (unpaired) electrons. The second kappa shape index (κ2) is 6.05. The van der Waals surface area contributed by atoms with Crippen LogP contribution in [0.5, 0.6) is 0 Å². The van der Waals surface area contributed by atoms with Gasteiger partial charge in [-0.2, -0.15) is 0 Å². The van der Waals surface area contributed by atoms with Crippen molar-refractivity contribution in [3.8, 4) is 0 Å².